The van der Waals surface area contributed by atoms with Crippen LogP contribution in [0.4, 0.5) is 5.69 Å². The topological polar surface area (TPSA) is 119 Å². The molecule has 1 saturated heterocycles. The summed E-state index contributed by atoms with van der Waals surface area (Å²) in [7, 11) is -4.12. The molecule has 1 fully saturated rings. The molecule has 0 atom stereocenters. The maximum Gasteiger partial charge on any atom is 0.343 e. The molecule has 0 spiro atoms. The summed E-state index contributed by atoms with van der Waals surface area (Å²) in [6.07, 6.45) is 2.55. The molecule has 36 heavy (non-hydrogen) atoms. The number of fused-ring (bicyclic) bond motifs is 1. The molecule has 1 N–H and O–H groups in total. The molecule has 10 heteroatoms. The fraction of sp³-hybridized carbons (Fsp3) is 0.269. The Bertz CT molecular complexity index is 1400. The van der Waals surface area contributed by atoms with Crippen molar-refractivity contribution in [2.24, 2.45) is 0 Å². The third-order valence-corrected chi connectivity index (χ3v) is 7.08. The zero-order valence-corrected chi connectivity index (χ0v) is 20.5. The first kappa shape index (κ1) is 25.2. The number of benzene rings is 3. The Hall–Kier alpha value is -3.92. The Kier molecular flexibility index (Phi) is 7.54. The number of unbranched alkanes of at least 4 members (excludes halogenated alkanes) is 1. The number of nitrogens with zero attached hydrogens (tertiary/aromatic N) is 1. The van der Waals surface area contributed by atoms with Crippen LogP contribution in [0.5, 0.6) is 5.75 Å². The van der Waals surface area contributed by atoms with Crippen molar-refractivity contribution in [2.45, 2.75) is 32.6 Å². The van der Waals surface area contributed by atoms with Crippen LogP contribution in [0.2, 0.25) is 0 Å². The predicted molar refractivity (Wildman–Crippen MR) is 134 cm³/mol. The van der Waals surface area contributed by atoms with E-state index in [1.807, 2.05) is 22.9 Å². The molecule has 0 aliphatic carbocycles. The third kappa shape index (κ3) is 5.83. The first-order valence-electron chi connectivity index (χ1n) is 11.6. The van der Waals surface area contributed by atoms with Crippen LogP contribution in [-0.2, 0) is 31.0 Å². The Labute approximate surface area is 209 Å². The van der Waals surface area contributed by atoms with Crippen LogP contribution >= 0.6 is 0 Å². The predicted octanol–water partition coefficient (Wildman–Crippen LogP) is 3.52. The summed E-state index contributed by atoms with van der Waals surface area (Å²) < 4.78 is 38.5. The summed E-state index contributed by atoms with van der Waals surface area (Å²) in [5, 5.41) is 1.46. The van der Waals surface area contributed by atoms with Gasteiger partial charge in [0.25, 0.3) is 5.91 Å². The molecule has 0 aromatic heterocycles. The Morgan fingerprint density at radius 1 is 1.00 bits per heavy atom. The second-order valence-corrected chi connectivity index (χ2v) is 9.90. The van der Waals surface area contributed by atoms with Gasteiger partial charge in [-0.2, -0.15) is 8.42 Å². The molecule has 0 bridgehead atoms. The van der Waals surface area contributed by atoms with Crippen molar-refractivity contribution in [3.8, 4) is 5.75 Å². The average molecular weight is 511 g/mol. The number of carbonyl (C=O) groups excluding carboxylic acids is 3. The number of amides is 1. The number of carbonyl (C=O) groups is 3. The van der Waals surface area contributed by atoms with E-state index in [2.05, 4.69) is 0 Å². The normalized spacial score (nSPS) is 14.5. The molecule has 1 aliphatic heterocycles. The van der Waals surface area contributed by atoms with Gasteiger partial charge in [0.2, 0.25) is 0 Å². The number of anilines is 1. The maximum absolute atomic E-state index is 12.7. The number of hydrogen-bond donors (Lipinski definition) is 1. The first-order chi connectivity index (χ1) is 17.3. The summed E-state index contributed by atoms with van der Waals surface area (Å²) in [6.45, 7) is 1.72. The molecule has 0 saturated carbocycles. The zero-order valence-electron chi connectivity index (χ0n) is 19.7. The van der Waals surface area contributed by atoms with Gasteiger partial charge in [-0.25, -0.2) is 13.8 Å². The number of aryl methyl sites for hydroxylation is 1. The second kappa shape index (κ2) is 10.8. The van der Waals surface area contributed by atoms with Gasteiger partial charge in [-0.3, -0.25) is 9.59 Å². The molecule has 188 valence electrons. The van der Waals surface area contributed by atoms with Gasteiger partial charge in [0.15, 0.2) is 5.75 Å². The highest BCUT2D eigenvalue weighted by Crippen LogP contribution is 2.36. The van der Waals surface area contributed by atoms with Gasteiger partial charge in [0, 0.05) is 6.42 Å². The van der Waals surface area contributed by atoms with Crippen LogP contribution in [-0.4, -0.2) is 39.4 Å². The molecule has 0 unspecified atom stereocenters. The number of ether oxygens (including phenoxy) is 2. The molecule has 1 heterocycles. The van der Waals surface area contributed by atoms with Crippen LogP contribution in [0.3, 0.4) is 0 Å². The van der Waals surface area contributed by atoms with Crippen molar-refractivity contribution in [1.29, 1.82) is 0 Å². The molecule has 1 amide bonds. The molecule has 9 nitrogen and oxygen atoms in total. The molecule has 4 rings (SSSR count). The standard InChI is InChI=1S/C26H26N2O7S/c1-2-34-25(30)11-7-6-8-18-12-13-20-16-23(35-26(31)19-9-4-3-5-10-19)22(15-21(20)14-18)28-17-24(29)27-36(28,32)33/h3-5,9-10,12-16H,2,6-8,11,17H2,1H3,(H,27,29). The van der Waals surface area contributed by atoms with Gasteiger partial charge in [0.05, 0.1) is 17.9 Å². The molecule has 0 radical (unpaired) electrons. The van der Waals surface area contributed by atoms with Crippen LogP contribution in [0.25, 0.3) is 10.8 Å². The van der Waals surface area contributed by atoms with E-state index in [4.69, 9.17) is 9.47 Å². The smallest absolute Gasteiger partial charge is 0.343 e. The molecular weight excluding hydrogens is 484 g/mol. The summed E-state index contributed by atoms with van der Waals surface area (Å²) in [5.74, 6) is -1.51. The fourth-order valence-electron chi connectivity index (χ4n) is 3.97. The van der Waals surface area contributed by atoms with Gasteiger partial charge in [-0.15, -0.1) is 0 Å². The SMILES string of the molecule is CCOC(=O)CCCCc1ccc2cc(OC(=O)c3ccccc3)c(N3CC(=O)NS3(=O)=O)cc2c1. The van der Waals surface area contributed by atoms with E-state index in [0.717, 1.165) is 33.5 Å². The minimum absolute atomic E-state index is 0.0265. The lowest BCUT2D eigenvalue weighted by atomic mass is 10.0. The summed E-state index contributed by atoms with van der Waals surface area (Å²) >= 11 is 0. The lowest BCUT2D eigenvalue weighted by Gasteiger charge is -2.19. The van der Waals surface area contributed by atoms with Crippen molar-refractivity contribution in [1.82, 2.24) is 4.72 Å². The number of nitrogens with one attached hydrogen (secondary N) is 1. The molecule has 1 aliphatic rings. The Morgan fingerprint density at radius 2 is 1.78 bits per heavy atom. The molecule has 3 aromatic carbocycles. The van der Waals surface area contributed by atoms with Gasteiger partial charge < -0.3 is 9.47 Å². The Balaban J connectivity index is 1.63. The van der Waals surface area contributed by atoms with E-state index < -0.39 is 28.6 Å². The van der Waals surface area contributed by atoms with Crippen LogP contribution < -0.4 is 13.8 Å². The van der Waals surface area contributed by atoms with E-state index in [-0.39, 0.29) is 17.4 Å². The third-order valence-electron chi connectivity index (χ3n) is 5.69. The summed E-state index contributed by atoms with van der Waals surface area (Å²) in [4.78, 5) is 36.1. The Morgan fingerprint density at radius 3 is 2.47 bits per heavy atom. The van der Waals surface area contributed by atoms with Crippen LogP contribution in [0.15, 0.2) is 60.7 Å². The highest BCUT2D eigenvalue weighted by molar-refractivity contribution is 7.92. The van der Waals surface area contributed by atoms with E-state index in [9.17, 15) is 22.8 Å². The van der Waals surface area contributed by atoms with E-state index in [1.165, 1.54) is 0 Å². The lowest BCUT2D eigenvalue weighted by Crippen LogP contribution is -2.30. The second-order valence-electron chi connectivity index (χ2n) is 8.31. The summed E-state index contributed by atoms with van der Waals surface area (Å²) in [5.41, 5.74) is 1.40. The van der Waals surface area contributed by atoms with Gasteiger partial charge >= 0.3 is 22.1 Å². The molecule has 3 aromatic rings. The molecular formula is C26H26N2O7S. The highest BCUT2D eigenvalue weighted by Gasteiger charge is 2.36. The van der Waals surface area contributed by atoms with E-state index >= 15 is 0 Å². The minimum Gasteiger partial charge on any atom is -0.466 e. The fourth-order valence-corrected chi connectivity index (χ4v) is 5.12. The quantitative estimate of drug-likeness (QED) is 0.266. The van der Waals surface area contributed by atoms with E-state index in [0.29, 0.717) is 25.0 Å². The summed E-state index contributed by atoms with van der Waals surface area (Å²) in [6, 6.07) is 17.2. The van der Waals surface area contributed by atoms with Crippen LogP contribution in [0, 0.1) is 0 Å². The van der Waals surface area contributed by atoms with Crippen molar-refractivity contribution in [3.63, 3.8) is 0 Å². The van der Waals surface area contributed by atoms with Crippen molar-refractivity contribution >= 4 is 44.5 Å². The number of esters is 2. The monoisotopic (exact) mass is 510 g/mol. The van der Waals surface area contributed by atoms with Crippen molar-refractivity contribution < 1.29 is 32.3 Å². The average Bonchev–Trinajstić information content (AvgIpc) is 3.13. The minimum atomic E-state index is -4.12. The van der Waals surface area contributed by atoms with Crippen LogP contribution in [0.1, 0.15) is 42.1 Å². The largest absolute Gasteiger partial charge is 0.466 e. The zero-order chi connectivity index (χ0) is 25.7. The first-order valence-corrected chi connectivity index (χ1v) is 13.0. The lowest BCUT2D eigenvalue weighted by molar-refractivity contribution is -0.143. The van der Waals surface area contributed by atoms with E-state index in [1.54, 1.807) is 49.4 Å². The van der Waals surface area contributed by atoms with Crippen molar-refractivity contribution in [3.05, 3.63) is 71.8 Å². The number of hydrogen-bond acceptors (Lipinski definition) is 7. The number of rotatable bonds is 9. The maximum atomic E-state index is 12.7. The highest BCUT2D eigenvalue weighted by atomic mass is 32.2. The van der Waals surface area contributed by atoms with Gasteiger partial charge in [-0.05, 0) is 66.8 Å². The van der Waals surface area contributed by atoms with Crippen molar-refractivity contribution in [2.75, 3.05) is 17.5 Å². The van der Waals surface area contributed by atoms with Gasteiger partial charge in [-0.1, -0.05) is 36.4 Å². The van der Waals surface area contributed by atoms with Gasteiger partial charge in [0.1, 0.15) is 6.54 Å².